The predicted octanol–water partition coefficient (Wildman–Crippen LogP) is 2.39. The molecule has 0 bridgehead atoms. The Labute approximate surface area is 128 Å². The summed E-state index contributed by atoms with van der Waals surface area (Å²) in [4.78, 5) is 16.7. The first-order valence-corrected chi connectivity index (χ1v) is 7.85. The van der Waals surface area contributed by atoms with E-state index in [1.54, 1.807) is 0 Å². The van der Waals surface area contributed by atoms with Crippen LogP contribution < -0.4 is 5.32 Å². The van der Waals surface area contributed by atoms with E-state index in [1.807, 2.05) is 12.1 Å². The molecule has 0 saturated carbocycles. The minimum absolute atomic E-state index is 0.106. The van der Waals surface area contributed by atoms with E-state index >= 15 is 0 Å². The Kier molecular flexibility index (Phi) is 5.76. The van der Waals surface area contributed by atoms with Gasteiger partial charge in [-0.1, -0.05) is 26.0 Å². The van der Waals surface area contributed by atoms with Gasteiger partial charge in [-0.3, -0.25) is 4.79 Å². The number of likely N-dealkylation sites (N-methyl/N-ethyl adjacent to an activating group) is 1. The average Bonchev–Trinajstić information content (AvgIpc) is 2.47. The standard InChI is InChI=1S/C17H27N3O/c1-14(2)15-5-4-6-16(13-15)18-17(21)7-8-20-11-9-19(3)10-12-20/h4-6,13-14H,7-12H2,1-3H3,(H,18,21). The van der Waals surface area contributed by atoms with Crippen LogP contribution in [0.3, 0.4) is 0 Å². The van der Waals surface area contributed by atoms with Crippen molar-refractivity contribution in [3.05, 3.63) is 29.8 Å². The minimum atomic E-state index is 0.106. The maximum atomic E-state index is 12.1. The van der Waals surface area contributed by atoms with Gasteiger partial charge >= 0.3 is 0 Å². The molecule has 0 aromatic heterocycles. The zero-order chi connectivity index (χ0) is 15.2. The lowest BCUT2D eigenvalue weighted by Gasteiger charge is -2.32. The van der Waals surface area contributed by atoms with Crippen molar-refractivity contribution in [2.45, 2.75) is 26.2 Å². The Morgan fingerprint density at radius 1 is 1.24 bits per heavy atom. The van der Waals surface area contributed by atoms with Crippen molar-refractivity contribution in [3.63, 3.8) is 0 Å². The zero-order valence-corrected chi connectivity index (χ0v) is 13.4. The van der Waals surface area contributed by atoms with Gasteiger partial charge in [0, 0.05) is 44.8 Å². The summed E-state index contributed by atoms with van der Waals surface area (Å²) in [5.74, 6) is 0.585. The fourth-order valence-electron chi connectivity index (χ4n) is 2.53. The molecule has 4 heteroatoms. The van der Waals surface area contributed by atoms with Crippen LogP contribution in [0.2, 0.25) is 0 Å². The number of anilines is 1. The van der Waals surface area contributed by atoms with Gasteiger partial charge in [-0.15, -0.1) is 0 Å². The lowest BCUT2D eigenvalue weighted by molar-refractivity contribution is -0.116. The third-order valence-corrected chi connectivity index (χ3v) is 4.09. The lowest BCUT2D eigenvalue weighted by Crippen LogP contribution is -2.45. The van der Waals surface area contributed by atoms with E-state index in [1.165, 1.54) is 5.56 Å². The normalized spacial score (nSPS) is 17.1. The highest BCUT2D eigenvalue weighted by molar-refractivity contribution is 5.90. The summed E-state index contributed by atoms with van der Waals surface area (Å²) < 4.78 is 0. The second-order valence-corrected chi connectivity index (χ2v) is 6.22. The molecule has 1 amide bonds. The largest absolute Gasteiger partial charge is 0.326 e. The SMILES string of the molecule is CC(C)c1cccc(NC(=O)CCN2CCN(C)CC2)c1. The number of carbonyl (C=O) groups is 1. The topological polar surface area (TPSA) is 35.6 Å². The monoisotopic (exact) mass is 289 g/mol. The summed E-state index contributed by atoms with van der Waals surface area (Å²) in [6.07, 6.45) is 0.565. The van der Waals surface area contributed by atoms with Crippen molar-refractivity contribution in [2.24, 2.45) is 0 Å². The third kappa shape index (κ3) is 5.14. The molecule has 0 aliphatic carbocycles. The third-order valence-electron chi connectivity index (χ3n) is 4.09. The van der Waals surface area contributed by atoms with Crippen molar-refractivity contribution in [3.8, 4) is 0 Å². The van der Waals surface area contributed by atoms with Gasteiger partial charge < -0.3 is 15.1 Å². The van der Waals surface area contributed by atoms with Crippen molar-refractivity contribution in [1.29, 1.82) is 0 Å². The Hall–Kier alpha value is -1.39. The molecule has 1 aromatic rings. The molecular weight excluding hydrogens is 262 g/mol. The molecule has 1 saturated heterocycles. The first kappa shape index (κ1) is 16.0. The minimum Gasteiger partial charge on any atom is -0.326 e. The number of amides is 1. The summed E-state index contributed by atoms with van der Waals surface area (Å²) in [5.41, 5.74) is 2.16. The molecule has 21 heavy (non-hydrogen) atoms. The molecule has 2 rings (SSSR count). The Bertz CT molecular complexity index is 465. The molecule has 0 atom stereocenters. The van der Waals surface area contributed by atoms with Crippen molar-refractivity contribution < 1.29 is 4.79 Å². The molecule has 0 radical (unpaired) electrons. The molecule has 116 valence electrons. The highest BCUT2D eigenvalue weighted by atomic mass is 16.1. The van der Waals surface area contributed by atoms with Gasteiger partial charge in [0.15, 0.2) is 0 Å². The molecule has 1 aliphatic heterocycles. The summed E-state index contributed by atoms with van der Waals surface area (Å²) in [6.45, 7) is 9.49. The van der Waals surface area contributed by atoms with Crippen LogP contribution in [0.4, 0.5) is 5.69 Å². The Morgan fingerprint density at radius 3 is 2.62 bits per heavy atom. The lowest BCUT2D eigenvalue weighted by atomic mass is 10.0. The Balaban J connectivity index is 1.78. The fourth-order valence-corrected chi connectivity index (χ4v) is 2.53. The maximum Gasteiger partial charge on any atom is 0.225 e. The highest BCUT2D eigenvalue weighted by Crippen LogP contribution is 2.18. The van der Waals surface area contributed by atoms with E-state index in [0.29, 0.717) is 12.3 Å². The highest BCUT2D eigenvalue weighted by Gasteiger charge is 2.14. The van der Waals surface area contributed by atoms with E-state index in [-0.39, 0.29) is 5.91 Å². The van der Waals surface area contributed by atoms with Gasteiger partial charge in [0.2, 0.25) is 5.91 Å². The molecular formula is C17H27N3O. The van der Waals surface area contributed by atoms with Gasteiger partial charge in [-0.05, 0) is 30.7 Å². The van der Waals surface area contributed by atoms with Crippen LogP contribution in [0.15, 0.2) is 24.3 Å². The van der Waals surface area contributed by atoms with Crippen molar-refractivity contribution >= 4 is 11.6 Å². The van der Waals surface area contributed by atoms with Crippen molar-refractivity contribution in [1.82, 2.24) is 9.80 Å². The number of rotatable bonds is 5. The predicted molar refractivity (Wildman–Crippen MR) is 87.7 cm³/mol. The summed E-state index contributed by atoms with van der Waals surface area (Å²) in [5, 5.41) is 3.01. The first-order chi connectivity index (χ1) is 10.0. The van der Waals surface area contributed by atoms with Gasteiger partial charge in [-0.25, -0.2) is 0 Å². The quantitative estimate of drug-likeness (QED) is 0.904. The van der Waals surface area contributed by atoms with Crippen LogP contribution in [0, 0.1) is 0 Å². The van der Waals surface area contributed by atoms with Crippen LogP contribution in [0.25, 0.3) is 0 Å². The van der Waals surface area contributed by atoms with E-state index in [2.05, 4.69) is 48.1 Å². The smallest absolute Gasteiger partial charge is 0.225 e. The van der Waals surface area contributed by atoms with Gasteiger partial charge in [0.1, 0.15) is 0 Å². The number of hydrogen-bond donors (Lipinski definition) is 1. The molecule has 1 aromatic carbocycles. The summed E-state index contributed by atoms with van der Waals surface area (Å²) >= 11 is 0. The fraction of sp³-hybridized carbons (Fsp3) is 0.588. The second-order valence-electron chi connectivity index (χ2n) is 6.22. The van der Waals surface area contributed by atoms with E-state index in [4.69, 9.17) is 0 Å². The zero-order valence-electron chi connectivity index (χ0n) is 13.4. The van der Waals surface area contributed by atoms with Crippen LogP contribution in [0.1, 0.15) is 31.7 Å². The van der Waals surface area contributed by atoms with Crippen LogP contribution in [-0.2, 0) is 4.79 Å². The van der Waals surface area contributed by atoms with E-state index < -0.39 is 0 Å². The van der Waals surface area contributed by atoms with Crippen molar-refractivity contribution in [2.75, 3.05) is 45.1 Å². The molecule has 1 fully saturated rings. The molecule has 4 nitrogen and oxygen atoms in total. The van der Waals surface area contributed by atoms with Gasteiger partial charge in [0.05, 0.1) is 0 Å². The number of benzene rings is 1. The maximum absolute atomic E-state index is 12.1. The van der Waals surface area contributed by atoms with E-state index in [0.717, 1.165) is 38.4 Å². The molecule has 0 unspecified atom stereocenters. The summed E-state index contributed by atoms with van der Waals surface area (Å²) in [6, 6.07) is 8.13. The first-order valence-electron chi connectivity index (χ1n) is 7.85. The number of piperazine rings is 1. The molecule has 1 heterocycles. The second kappa shape index (κ2) is 7.57. The van der Waals surface area contributed by atoms with Gasteiger partial charge in [0.25, 0.3) is 0 Å². The summed E-state index contributed by atoms with van der Waals surface area (Å²) in [7, 11) is 2.14. The molecule has 0 spiro atoms. The molecule has 1 aliphatic rings. The molecule has 1 N–H and O–H groups in total. The number of nitrogens with zero attached hydrogens (tertiary/aromatic N) is 2. The number of nitrogens with one attached hydrogen (secondary N) is 1. The van der Waals surface area contributed by atoms with Crippen LogP contribution >= 0.6 is 0 Å². The van der Waals surface area contributed by atoms with Crippen LogP contribution in [0.5, 0.6) is 0 Å². The number of carbonyl (C=O) groups excluding carboxylic acids is 1. The van der Waals surface area contributed by atoms with E-state index in [9.17, 15) is 4.79 Å². The Morgan fingerprint density at radius 2 is 1.95 bits per heavy atom. The average molecular weight is 289 g/mol. The van der Waals surface area contributed by atoms with Gasteiger partial charge in [-0.2, -0.15) is 0 Å². The van der Waals surface area contributed by atoms with Crippen LogP contribution in [-0.4, -0.2) is 55.5 Å². The number of hydrogen-bond acceptors (Lipinski definition) is 3.